The third-order valence-electron chi connectivity index (χ3n) is 5.97. The van der Waals surface area contributed by atoms with Gasteiger partial charge in [0.1, 0.15) is 0 Å². The van der Waals surface area contributed by atoms with Crippen LogP contribution in [0.3, 0.4) is 0 Å². The fourth-order valence-corrected chi connectivity index (χ4v) is 5.85. The molecular weight excluding hydrogens is 350 g/mol. The zero-order chi connectivity index (χ0) is 18.1. The van der Waals surface area contributed by atoms with Crippen LogP contribution in [0.1, 0.15) is 48.9 Å². The van der Waals surface area contributed by atoms with Crippen LogP contribution in [-0.4, -0.2) is 50.9 Å². The molecular formula is C19H27N3O3S. The Bertz CT molecular complexity index is 762. The molecule has 0 aromatic heterocycles. The third-order valence-corrected chi connectivity index (χ3v) is 7.49. The van der Waals surface area contributed by atoms with Crippen molar-refractivity contribution in [3.63, 3.8) is 0 Å². The predicted molar refractivity (Wildman–Crippen MR) is 99.4 cm³/mol. The maximum atomic E-state index is 12.8. The molecule has 2 saturated heterocycles. The van der Waals surface area contributed by atoms with Crippen molar-refractivity contribution in [3.8, 4) is 0 Å². The molecule has 1 aromatic carbocycles. The van der Waals surface area contributed by atoms with Crippen LogP contribution in [0.4, 0.5) is 0 Å². The number of rotatable bonds is 4. The van der Waals surface area contributed by atoms with Crippen molar-refractivity contribution in [2.75, 3.05) is 19.6 Å². The Kier molecular flexibility index (Phi) is 5.03. The number of hydrogen-bond acceptors (Lipinski definition) is 4. The van der Waals surface area contributed by atoms with Crippen LogP contribution in [-0.2, 0) is 10.0 Å². The number of hydrogen-bond donors (Lipinski definition) is 2. The lowest BCUT2D eigenvalue weighted by atomic mass is 9.96. The summed E-state index contributed by atoms with van der Waals surface area (Å²) in [6.45, 7) is 2.49. The summed E-state index contributed by atoms with van der Waals surface area (Å²) in [4.78, 5) is 14.9. The van der Waals surface area contributed by atoms with Gasteiger partial charge in [-0.3, -0.25) is 4.79 Å². The number of fused-ring (bicyclic) bond motifs is 1. The second-order valence-electron chi connectivity index (χ2n) is 7.80. The SMILES string of the molecule is O=C(c1cccc(S(=O)(=O)NC2CCCCC2)c1)N1C[C@H]2CCN[C@H]2C1. The lowest BCUT2D eigenvalue weighted by Gasteiger charge is -2.23. The second-order valence-corrected chi connectivity index (χ2v) is 9.52. The summed E-state index contributed by atoms with van der Waals surface area (Å²) in [5.41, 5.74) is 0.455. The van der Waals surface area contributed by atoms with Crippen molar-refractivity contribution >= 4 is 15.9 Å². The first kappa shape index (κ1) is 17.9. The van der Waals surface area contributed by atoms with Crippen LogP contribution >= 0.6 is 0 Å². The van der Waals surface area contributed by atoms with Gasteiger partial charge < -0.3 is 10.2 Å². The van der Waals surface area contributed by atoms with Gasteiger partial charge >= 0.3 is 0 Å². The highest BCUT2D eigenvalue weighted by molar-refractivity contribution is 7.89. The highest BCUT2D eigenvalue weighted by Gasteiger charge is 2.38. The molecule has 7 heteroatoms. The van der Waals surface area contributed by atoms with Crippen LogP contribution in [0.15, 0.2) is 29.2 Å². The number of sulfonamides is 1. The standard InChI is InChI=1S/C19H27N3O3S/c23-19(22-12-15-9-10-20-18(15)13-22)14-5-4-8-17(11-14)26(24,25)21-16-6-2-1-3-7-16/h4-5,8,11,15-16,18,20-21H,1-3,6-7,9-10,12-13H2/t15-,18+/m1/s1. The molecule has 2 N–H and O–H groups in total. The Hall–Kier alpha value is -1.44. The molecule has 2 heterocycles. The summed E-state index contributed by atoms with van der Waals surface area (Å²) in [6, 6.07) is 6.87. The molecule has 0 spiro atoms. The van der Waals surface area contributed by atoms with Gasteiger partial charge in [-0.15, -0.1) is 0 Å². The quantitative estimate of drug-likeness (QED) is 0.838. The first-order valence-electron chi connectivity index (χ1n) is 9.68. The van der Waals surface area contributed by atoms with Crippen LogP contribution < -0.4 is 10.0 Å². The minimum Gasteiger partial charge on any atom is -0.337 e. The summed E-state index contributed by atoms with van der Waals surface area (Å²) < 4.78 is 28.2. The normalized spacial score (nSPS) is 26.8. The topological polar surface area (TPSA) is 78.5 Å². The molecule has 2 atom stereocenters. The Morgan fingerprint density at radius 2 is 1.92 bits per heavy atom. The van der Waals surface area contributed by atoms with Crippen LogP contribution in [0.2, 0.25) is 0 Å². The Labute approximate surface area is 155 Å². The smallest absolute Gasteiger partial charge is 0.253 e. The molecule has 142 valence electrons. The van der Waals surface area contributed by atoms with Crippen molar-refractivity contribution in [1.29, 1.82) is 0 Å². The molecule has 4 rings (SSSR count). The van der Waals surface area contributed by atoms with Crippen LogP contribution in [0.25, 0.3) is 0 Å². The van der Waals surface area contributed by atoms with E-state index in [9.17, 15) is 13.2 Å². The zero-order valence-electron chi connectivity index (χ0n) is 15.0. The van der Waals surface area contributed by atoms with E-state index in [-0.39, 0.29) is 16.8 Å². The molecule has 26 heavy (non-hydrogen) atoms. The summed E-state index contributed by atoms with van der Waals surface area (Å²) in [7, 11) is -3.59. The van der Waals surface area contributed by atoms with E-state index >= 15 is 0 Å². The molecule has 0 bridgehead atoms. The van der Waals surface area contributed by atoms with E-state index in [2.05, 4.69) is 10.0 Å². The van der Waals surface area contributed by atoms with E-state index in [1.807, 2.05) is 4.90 Å². The number of carbonyl (C=O) groups is 1. The van der Waals surface area contributed by atoms with E-state index in [0.29, 0.717) is 24.1 Å². The monoisotopic (exact) mass is 377 g/mol. The molecule has 3 fully saturated rings. The van der Waals surface area contributed by atoms with E-state index in [4.69, 9.17) is 0 Å². The van der Waals surface area contributed by atoms with Crippen molar-refractivity contribution in [2.45, 2.75) is 55.5 Å². The van der Waals surface area contributed by atoms with Crippen molar-refractivity contribution in [1.82, 2.24) is 14.9 Å². The average Bonchev–Trinajstić information content (AvgIpc) is 3.24. The van der Waals surface area contributed by atoms with Crippen LogP contribution in [0, 0.1) is 5.92 Å². The summed E-state index contributed by atoms with van der Waals surface area (Å²) in [5, 5.41) is 3.44. The molecule has 3 aliphatic rings. The lowest BCUT2D eigenvalue weighted by molar-refractivity contribution is 0.0782. The zero-order valence-corrected chi connectivity index (χ0v) is 15.8. The maximum absolute atomic E-state index is 12.8. The van der Waals surface area contributed by atoms with E-state index in [0.717, 1.165) is 45.2 Å². The highest BCUT2D eigenvalue weighted by atomic mass is 32.2. The summed E-state index contributed by atoms with van der Waals surface area (Å²) in [5.74, 6) is 0.453. The molecule has 1 aromatic rings. The first-order valence-corrected chi connectivity index (χ1v) is 11.2. The fourth-order valence-electron chi connectivity index (χ4n) is 4.50. The maximum Gasteiger partial charge on any atom is 0.253 e. The number of carbonyl (C=O) groups excluding carboxylic acids is 1. The lowest BCUT2D eigenvalue weighted by Crippen LogP contribution is -2.36. The Morgan fingerprint density at radius 3 is 2.69 bits per heavy atom. The number of likely N-dealkylation sites (tertiary alicyclic amines) is 1. The molecule has 6 nitrogen and oxygen atoms in total. The number of amides is 1. The predicted octanol–water partition coefficient (Wildman–Crippen LogP) is 1.73. The Balaban J connectivity index is 1.48. The van der Waals surface area contributed by atoms with E-state index in [1.54, 1.807) is 18.2 Å². The van der Waals surface area contributed by atoms with Gasteiger partial charge in [-0.2, -0.15) is 0 Å². The molecule has 1 aliphatic carbocycles. The van der Waals surface area contributed by atoms with Gasteiger partial charge in [0.05, 0.1) is 4.90 Å². The molecule has 2 aliphatic heterocycles. The van der Waals surface area contributed by atoms with Gasteiger partial charge in [-0.1, -0.05) is 25.3 Å². The average molecular weight is 378 g/mol. The number of nitrogens with one attached hydrogen (secondary N) is 2. The molecule has 1 amide bonds. The van der Waals surface area contributed by atoms with Crippen molar-refractivity contribution < 1.29 is 13.2 Å². The van der Waals surface area contributed by atoms with Gasteiger partial charge in [0.15, 0.2) is 0 Å². The minimum absolute atomic E-state index is 0.0112. The summed E-state index contributed by atoms with van der Waals surface area (Å²) >= 11 is 0. The number of benzene rings is 1. The first-order chi connectivity index (χ1) is 12.5. The fraction of sp³-hybridized carbons (Fsp3) is 0.632. The van der Waals surface area contributed by atoms with Crippen LogP contribution in [0.5, 0.6) is 0 Å². The van der Waals surface area contributed by atoms with E-state index < -0.39 is 10.0 Å². The van der Waals surface area contributed by atoms with Gasteiger partial charge in [-0.25, -0.2) is 13.1 Å². The second kappa shape index (κ2) is 7.29. The Morgan fingerprint density at radius 1 is 1.12 bits per heavy atom. The van der Waals surface area contributed by atoms with Gasteiger partial charge in [0.2, 0.25) is 10.0 Å². The van der Waals surface area contributed by atoms with Gasteiger partial charge in [-0.05, 0) is 49.9 Å². The van der Waals surface area contributed by atoms with Gasteiger partial charge in [0, 0.05) is 30.7 Å². The molecule has 0 unspecified atom stereocenters. The number of nitrogens with zero attached hydrogens (tertiary/aromatic N) is 1. The van der Waals surface area contributed by atoms with E-state index in [1.165, 1.54) is 12.5 Å². The van der Waals surface area contributed by atoms with Crippen molar-refractivity contribution in [2.24, 2.45) is 5.92 Å². The highest BCUT2D eigenvalue weighted by Crippen LogP contribution is 2.26. The van der Waals surface area contributed by atoms with Gasteiger partial charge in [0.25, 0.3) is 5.91 Å². The minimum atomic E-state index is -3.59. The molecule has 1 saturated carbocycles. The third kappa shape index (κ3) is 3.66. The molecule has 0 radical (unpaired) electrons. The summed E-state index contributed by atoms with van der Waals surface area (Å²) in [6.07, 6.45) is 6.19. The largest absolute Gasteiger partial charge is 0.337 e. The van der Waals surface area contributed by atoms with Crippen molar-refractivity contribution in [3.05, 3.63) is 29.8 Å².